The quantitative estimate of drug-likeness (QED) is 0.765. The molecule has 5 heteroatoms. The standard InChI is InChI=1S/C14H18BrN3O/c1-3-13(15)14-10-18(17-16-14)9-8-11-4-6-12(19-2)7-5-11/h4-7,10,13H,3,8-9H2,1-2H3. The average Bonchev–Trinajstić information content (AvgIpc) is 2.93. The molecule has 0 saturated heterocycles. The molecule has 1 unspecified atom stereocenters. The summed E-state index contributed by atoms with van der Waals surface area (Å²) in [5, 5.41) is 8.32. The highest BCUT2D eigenvalue weighted by molar-refractivity contribution is 9.09. The molecule has 0 aliphatic carbocycles. The van der Waals surface area contributed by atoms with Crippen molar-refractivity contribution in [2.24, 2.45) is 0 Å². The Morgan fingerprint density at radius 1 is 1.32 bits per heavy atom. The van der Waals surface area contributed by atoms with E-state index in [0.29, 0.717) is 4.83 Å². The van der Waals surface area contributed by atoms with Crippen LogP contribution in [-0.2, 0) is 13.0 Å². The number of aryl methyl sites for hydroxylation is 2. The molecule has 0 amide bonds. The first-order valence-corrected chi connectivity index (χ1v) is 7.31. The van der Waals surface area contributed by atoms with Gasteiger partial charge in [-0.25, -0.2) is 0 Å². The topological polar surface area (TPSA) is 39.9 Å². The van der Waals surface area contributed by atoms with Crippen molar-refractivity contribution < 1.29 is 4.74 Å². The van der Waals surface area contributed by atoms with Crippen molar-refractivity contribution in [1.82, 2.24) is 15.0 Å². The lowest BCUT2D eigenvalue weighted by Gasteiger charge is -2.03. The second-order valence-corrected chi connectivity index (χ2v) is 5.49. The molecule has 1 heterocycles. The molecule has 0 aliphatic heterocycles. The van der Waals surface area contributed by atoms with Crippen LogP contribution in [0.2, 0.25) is 0 Å². The van der Waals surface area contributed by atoms with E-state index in [1.807, 2.05) is 23.0 Å². The molecule has 19 heavy (non-hydrogen) atoms. The van der Waals surface area contributed by atoms with Crippen molar-refractivity contribution in [1.29, 1.82) is 0 Å². The summed E-state index contributed by atoms with van der Waals surface area (Å²) in [7, 11) is 1.68. The molecule has 2 aromatic rings. The van der Waals surface area contributed by atoms with Crippen molar-refractivity contribution in [3.8, 4) is 5.75 Å². The van der Waals surface area contributed by atoms with Gasteiger partial charge in [-0.3, -0.25) is 4.68 Å². The Kier molecular flexibility index (Phi) is 4.96. The minimum Gasteiger partial charge on any atom is -0.497 e. The molecular formula is C14H18BrN3O. The summed E-state index contributed by atoms with van der Waals surface area (Å²) in [6.07, 6.45) is 3.95. The fourth-order valence-corrected chi connectivity index (χ4v) is 2.02. The van der Waals surface area contributed by atoms with Crippen LogP contribution in [0.5, 0.6) is 5.75 Å². The molecule has 0 radical (unpaired) electrons. The number of alkyl halides is 1. The molecule has 0 aliphatic rings. The molecule has 4 nitrogen and oxygen atoms in total. The highest BCUT2D eigenvalue weighted by Gasteiger charge is 2.09. The van der Waals surface area contributed by atoms with Crippen LogP contribution in [0.25, 0.3) is 0 Å². The van der Waals surface area contributed by atoms with E-state index in [0.717, 1.165) is 30.8 Å². The van der Waals surface area contributed by atoms with E-state index in [1.54, 1.807) is 7.11 Å². The zero-order valence-electron chi connectivity index (χ0n) is 11.2. The SMILES string of the molecule is CCC(Br)c1cn(CCc2ccc(OC)cc2)nn1. The Hall–Kier alpha value is -1.36. The Labute approximate surface area is 121 Å². The molecule has 0 saturated carbocycles. The van der Waals surface area contributed by atoms with Crippen LogP contribution in [0.1, 0.15) is 29.4 Å². The van der Waals surface area contributed by atoms with E-state index in [-0.39, 0.29) is 0 Å². The van der Waals surface area contributed by atoms with Crippen LogP contribution >= 0.6 is 15.9 Å². The third kappa shape index (κ3) is 3.80. The number of benzene rings is 1. The van der Waals surface area contributed by atoms with Crippen molar-refractivity contribution in [2.75, 3.05) is 7.11 Å². The first-order valence-electron chi connectivity index (χ1n) is 6.40. The molecule has 2 rings (SSSR count). The van der Waals surface area contributed by atoms with Gasteiger partial charge in [0.05, 0.1) is 17.6 Å². The lowest BCUT2D eigenvalue weighted by Crippen LogP contribution is -2.02. The van der Waals surface area contributed by atoms with Gasteiger partial charge >= 0.3 is 0 Å². The van der Waals surface area contributed by atoms with Gasteiger partial charge in [0.25, 0.3) is 0 Å². The molecule has 1 atom stereocenters. The van der Waals surface area contributed by atoms with Crippen LogP contribution in [0.4, 0.5) is 0 Å². The Bertz CT molecular complexity index is 510. The van der Waals surface area contributed by atoms with E-state index in [9.17, 15) is 0 Å². The Morgan fingerprint density at radius 3 is 2.68 bits per heavy atom. The summed E-state index contributed by atoms with van der Waals surface area (Å²) < 4.78 is 7.03. The lowest BCUT2D eigenvalue weighted by atomic mass is 10.1. The fourth-order valence-electron chi connectivity index (χ4n) is 1.81. The molecule has 0 N–H and O–H groups in total. The van der Waals surface area contributed by atoms with E-state index in [4.69, 9.17) is 4.74 Å². The maximum Gasteiger partial charge on any atom is 0.118 e. The third-order valence-electron chi connectivity index (χ3n) is 3.02. The molecule has 0 fully saturated rings. The maximum absolute atomic E-state index is 5.14. The fraction of sp³-hybridized carbons (Fsp3) is 0.429. The van der Waals surface area contributed by atoms with Gasteiger partial charge < -0.3 is 4.74 Å². The van der Waals surface area contributed by atoms with Crippen molar-refractivity contribution >= 4 is 15.9 Å². The Balaban J connectivity index is 1.92. The number of nitrogens with zero attached hydrogens (tertiary/aromatic N) is 3. The van der Waals surface area contributed by atoms with Gasteiger partial charge in [-0.1, -0.05) is 40.2 Å². The monoisotopic (exact) mass is 323 g/mol. The van der Waals surface area contributed by atoms with Crippen LogP contribution in [0.3, 0.4) is 0 Å². The summed E-state index contributed by atoms with van der Waals surface area (Å²) >= 11 is 3.58. The zero-order valence-corrected chi connectivity index (χ0v) is 12.8. The first-order chi connectivity index (χ1) is 9.22. The number of ether oxygens (including phenoxy) is 1. The molecule has 1 aromatic carbocycles. The van der Waals surface area contributed by atoms with Gasteiger partial charge in [-0.05, 0) is 30.5 Å². The summed E-state index contributed by atoms with van der Waals surface area (Å²) in [6, 6.07) is 8.12. The molecule has 0 bridgehead atoms. The first kappa shape index (κ1) is 14.1. The summed E-state index contributed by atoms with van der Waals surface area (Å²) in [4.78, 5) is 0.294. The molecule has 102 valence electrons. The number of rotatable bonds is 6. The number of aromatic nitrogens is 3. The summed E-state index contributed by atoms with van der Waals surface area (Å²) in [5.74, 6) is 0.886. The van der Waals surface area contributed by atoms with Gasteiger partial charge in [-0.15, -0.1) is 5.10 Å². The van der Waals surface area contributed by atoms with Gasteiger partial charge in [0, 0.05) is 12.7 Å². The highest BCUT2D eigenvalue weighted by Crippen LogP contribution is 2.23. The summed E-state index contributed by atoms with van der Waals surface area (Å²) in [5.41, 5.74) is 2.26. The molecular weight excluding hydrogens is 306 g/mol. The van der Waals surface area contributed by atoms with Gasteiger partial charge in [0.15, 0.2) is 0 Å². The van der Waals surface area contributed by atoms with E-state index < -0.39 is 0 Å². The smallest absolute Gasteiger partial charge is 0.118 e. The largest absolute Gasteiger partial charge is 0.497 e. The average molecular weight is 324 g/mol. The maximum atomic E-state index is 5.14. The number of hydrogen-bond donors (Lipinski definition) is 0. The van der Waals surface area contributed by atoms with Crippen molar-refractivity contribution in [3.63, 3.8) is 0 Å². The van der Waals surface area contributed by atoms with Crippen LogP contribution in [0, 0.1) is 0 Å². The van der Waals surface area contributed by atoms with E-state index >= 15 is 0 Å². The van der Waals surface area contributed by atoms with E-state index in [1.165, 1.54) is 5.56 Å². The number of methoxy groups -OCH3 is 1. The van der Waals surface area contributed by atoms with Crippen LogP contribution in [-0.4, -0.2) is 22.1 Å². The van der Waals surface area contributed by atoms with Gasteiger partial charge in [0.2, 0.25) is 0 Å². The number of hydrogen-bond acceptors (Lipinski definition) is 3. The second-order valence-electron chi connectivity index (χ2n) is 4.38. The van der Waals surface area contributed by atoms with E-state index in [2.05, 4.69) is 45.3 Å². The predicted octanol–water partition coefficient (Wildman–Crippen LogP) is 3.38. The summed E-state index contributed by atoms with van der Waals surface area (Å²) in [6.45, 7) is 2.96. The molecule has 0 spiro atoms. The predicted molar refractivity (Wildman–Crippen MR) is 78.7 cm³/mol. The van der Waals surface area contributed by atoms with Crippen molar-refractivity contribution in [3.05, 3.63) is 41.7 Å². The second kappa shape index (κ2) is 6.70. The highest BCUT2D eigenvalue weighted by atomic mass is 79.9. The third-order valence-corrected chi connectivity index (χ3v) is 4.14. The van der Waals surface area contributed by atoms with Crippen LogP contribution in [0.15, 0.2) is 30.5 Å². The van der Waals surface area contributed by atoms with Gasteiger partial charge in [-0.2, -0.15) is 0 Å². The van der Waals surface area contributed by atoms with Crippen molar-refractivity contribution in [2.45, 2.75) is 31.1 Å². The normalized spacial score (nSPS) is 12.4. The lowest BCUT2D eigenvalue weighted by molar-refractivity contribution is 0.414. The van der Waals surface area contributed by atoms with Crippen LogP contribution < -0.4 is 4.74 Å². The minimum atomic E-state index is 0.294. The minimum absolute atomic E-state index is 0.294. The Morgan fingerprint density at radius 2 is 2.05 bits per heavy atom. The van der Waals surface area contributed by atoms with Gasteiger partial charge in [0.1, 0.15) is 5.75 Å². The number of halogens is 1. The zero-order chi connectivity index (χ0) is 13.7. The molecule has 1 aromatic heterocycles.